The van der Waals surface area contributed by atoms with Crippen molar-refractivity contribution in [2.75, 3.05) is 6.61 Å². The minimum Gasteiger partial charge on any atom is -0.483 e. The second-order valence-electron chi connectivity index (χ2n) is 7.40. The fourth-order valence-corrected chi connectivity index (χ4v) is 3.72. The number of alkyl halides is 3. The van der Waals surface area contributed by atoms with Gasteiger partial charge in [0.15, 0.2) is 12.4 Å². The zero-order chi connectivity index (χ0) is 21.3. The summed E-state index contributed by atoms with van der Waals surface area (Å²) in [5, 5.41) is 2.63. The molecule has 2 aromatic rings. The van der Waals surface area contributed by atoms with Crippen molar-refractivity contribution < 1.29 is 27.5 Å². The van der Waals surface area contributed by atoms with E-state index in [-0.39, 0.29) is 18.3 Å². The van der Waals surface area contributed by atoms with Crippen LogP contribution in [0.25, 0.3) is 0 Å². The smallest absolute Gasteiger partial charge is 0.416 e. The number of nitrogens with one attached hydrogen (secondary N) is 1. The van der Waals surface area contributed by atoms with Gasteiger partial charge in [-0.25, -0.2) is 0 Å². The van der Waals surface area contributed by atoms with Gasteiger partial charge in [-0.2, -0.15) is 13.2 Å². The zero-order valence-electron chi connectivity index (χ0n) is 16.4. The maximum atomic E-state index is 12.9. The Morgan fingerprint density at radius 3 is 2.69 bits per heavy atom. The summed E-state index contributed by atoms with van der Waals surface area (Å²) in [5.74, 6) is -0.0238. The molecule has 154 valence electrons. The molecule has 0 spiro atoms. The minimum absolute atomic E-state index is 0.0102. The van der Waals surface area contributed by atoms with Crippen molar-refractivity contribution in [1.82, 2.24) is 5.32 Å². The molecule has 1 aliphatic rings. The molecule has 29 heavy (non-hydrogen) atoms. The Morgan fingerprint density at radius 1 is 1.28 bits per heavy atom. The van der Waals surface area contributed by atoms with Gasteiger partial charge in [-0.15, -0.1) is 0 Å². The van der Waals surface area contributed by atoms with Gasteiger partial charge in [0.25, 0.3) is 5.91 Å². The standard InChI is InChI=1S/C22H22F3NO3/c1-12-7-8-18(21-17(27)9-13(2)20(12)21)29-11-19(28)26-14(3)15-5-4-6-16(10-15)22(23,24)25/h4-8,10,13-14H,9,11H2,1-3H3,(H,26,28)/t13-,14-/m1/s1. The third kappa shape index (κ3) is 4.44. The molecule has 3 rings (SSSR count). The van der Waals surface area contributed by atoms with Gasteiger partial charge >= 0.3 is 6.18 Å². The third-order valence-electron chi connectivity index (χ3n) is 5.14. The molecule has 1 amide bonds. The molecule has 0 radical (unpaired) electrons. The fraction of sp³-hybridized carbons (Fsp3) is 0.364. The third-order valence-corrected chi connectivity index (χ3v) is 5.14. The van der Waals surface area contributed by atoms with Gasteiger partial charge in [-0.3, -0.25) is 9.59 Å². The van der Waals surface area contributed by atoms with E-state index in [9.17, 15) is 22.8 Å². The van der Waals surface area contributed by atoms with Crippen LogP contribution < -0.4 is 10.1 Å². The molecule has 0 bridgehead atoms. The maximum Gasteiger partial charge on any atom is 0.416 e. The first-order chi connectivity index (χ1) is 13.6. The van der Waals surface area contributed by atoms with Crippen molar-refractivity contribution in [2.24, 2.45) is 0 Å². The Bertz CT molecular complexity index is 953. The Hall–Kier alpha value is -2.83. The Balaban J connectivity index is 1.67. The first-order valence-corrected chi connectivity index (χ1v) is 9.34. The van der Waals surface area contributed by atoms with E-state index in [0.29, 0.717) is 23.3 Å². The molecule has 7 heteroatoms. The van der Waals surface area contributed by atoms with Crippen LogP contribution in [0.5, 0.6) is 5.75 Å². The topological polar surface area (TPSA) is 55.4 Å². The lowest BCUT2D eigenvalue weighted by atomic mass is 9.97. The number of rotatable bonds is 5. The Kier molecular flexibility index (Phi) is 5.68. The van der Waals surface area contributed by atoms with Crippen molar-refractivity contribution >= 4 is 11.7 Å². The molecule has 4 nitrogen and oxygen atoms in total. The quantitative estimate of drug-likeness (QED) is 0.765. The number of hydrogen-bond acceptors (Lipinski definition) is 3. The molecule has 0 heterocycles. The highest BCUT2D eigenvalue weighted by Gasteiger charge is 2.32. The van der Waals surface area contributed by atoms with Gasteiger partial charge in [-0.05, 0) is 54.7 Å². The summed E-state index contributed by atoms with van der Waals surface area (Å²) in [7, 11) is 0. The molecule has 0 aromatic heterocycles. The number of fused-ring (bicyclic) bond motifs is 1. The first-order valence-electron chi connectivity index (χ1n) is 9.34. The van der Waals surface area contributed by atoms with E-state index in [4.69, 9.17) is 4.74 Å². The van der Waals surface area contributed by atoms with Gasteiger partial charge in [-0.1, -0.05) is 25.1 Å². The average molecular weight is 405 g/mol. The second-order valence-corrected chi connectivity index (χ2v) is 7.40. The molecular formula is C22H22F3NO3. The van der Waals surface area contributed by atoms with E-state index in [0.717, 1.165) is 23.3 Å². The molecular weight excluding hydrogens is 383 g/mol. The molecule has 1 N–H and O–H groups in total. The maximum absolute atomic E-state index is 12.9. The summed E-state index contributed by atoms with van der Waals surface area (Å²) in [6, 6.07) is 7.72. The summed E-state index contributed by atoms with van der Waals surface area (Å²) in [5.41, 5.74) is 2.05. The van der Waals surface area contributed by atoms with Crippen molar-refractivity contribution in [3.8, 4) is 5.75 Å². The van der Waals surface area contributed by atoms with Crippen LogP contribution >= 0.6 is 0 Å². The molecule has 2 atom stereocenters. The van der Waals surface area contributed by atoms with Crippen LogP contribution in [0.4, 0.5) is 13.2 Å². The number of halogens is 3. The predicted molar refractivity (Wildman–Crippen MR) is 102 cm³/mol. The molecule has 1 aliphatic carbocycles. The molecule has 0 aliphatic heterocycles. The number of Topliss-reactive ketones (excluding diaryl/α,β-unsaturated/α-hetero) is 1. The number of carbonyl (C=O) groups is 2. The predicted octanol–water partition coefficient (Wildman–Crippen LogP) is 4.96. The number of aryl methyl sites for hydroxylation is 1. The van der Waals surface area contributed by atoms with Gasteiger partial charge < -0.3 is 10.1 Å². The minimum atomic E-state index is -4.45. The SMILES string of the molecule is Cc1ccc(OCC(=O)N[C@H](C)c2cccc(C(F)(F)F)c2)c2c1[C@H](C)CC2=O. The number of amides is 1. The molecule has 0 saturated heterocycles. The van der Waals surface area contributed by atoms with Gasteiger partial charge in [0.1, 0.15) is 5.75 Å². The molecule has 0 fully saturated rings. The largest absolute Gasteiger partial charge is 0.483 e. The van der Waals surface area contributed by atoms with Crippen molar-refractivity contribution in [3.05, 3.63) is 64.2 Å². The van der Waals surface area contributed by atoms with Crippen LogP contribution in [0.15, 0.2) is 36.4 Å². The van der Waals surface area contributed by atoms with E-state index < -0.39 is 23.7 Å². The number of benzene rings is 2. The highest BCUT2D eigenvalue weighted by atomic mass is 19.4. The van der Waals surface area contributed by atoms with Crippen LogP contribution in [-0.4, -0.2) is 18.3 Å². The lowest BCUT2D eigenvalue weighted by Crippen LogP contribution is -2.31. The first kappa shape index (κ1) is 20.9. The lowest BCUT2D eigenvalue weighted by molar-refractivity contribution is -0.137. The van der Waals surface area contributed by atoms with E-state index in [1.807, 2.05) is 19.9 Å². The summed E-state index contributed by atoms with van der Waals surface area (Å²) in [6.07, 6.45) is -4.03. The average Bonchev–Trinajstić information content (AvgIpc) is 2.96. The highest BCUT2D eigenvalue weighted by molar-refractivity contribution is 6.04. The molecule has 0 unspecified atom stereocenters. The summed E-state index contributed by atoms with van der Waals surface area (Å²) < 4.78 is 44.2. The number of hydrogen-bond donors (Lipinski definition) is 1. The van der Waals surface area contributed by atoms with Gasteiger partial charge in [0.2, 0.25) is 0 Å². The number of carbonyl (C=O) groups excluding carboxylic acids is 2. The summed E-state index contributed by atoms with van der Waals surface area (Å²) in [4.78, 5) is 24.5. The zero-order valence-corrected chi connectivity index (χ0v) is 16.4. The number of ether oxygens (including phenoxy) is 1. The number of ketones is 1. The fourth-order valence-electron chi connectivity index (χ4n) is 3.72. The molecule has 0 saturated carbocycles. The van der Waals surface area contributed by atoms with E-state index in [2.05, 4.69) is 5.32 Å². The Morgan fingerprint density at radius 2 is 2.00 bits per heavy atom. The van der Waals surface area contributed by atoms with Crippen LogP contribution in [-0.2, 0) is 11.0 Å². The monoisotopic (exact) mass is 405 g/mol. The van der Waals surface area contributed by atoms with E-state index in [1.165, 1.54) is 12.1 Å². The van der Waals surface area contributed by atoms with Crippen LogP contribution in [0, 0.1) is 6.92 Å². The normalized spacial score (nSPS) is 17.0. The van der Waals surface area contributed by atoms with E-state index in [1.54, 1.807) is 13.0 Å². The van der Waals surface area contributed by atoms with Gasteiger partial charge in [0.05, 0.1) is 17.2 Å². The summed E-state index contributed by atoms with van der Waals surface area (Å²) in [6.45, 7) is 5.17. The van der Waals surface area contributed by atoms with Gasteiger partial charge in [0, 0.05) is 6.42 Å². The summed E-state index contributed by atoms with van der Waals surface area (Å²) >= 11 is 0. The molecule has 2 aromatic carbocycles. The van der Waals surface area contributed by atoms with Crippen molar-refractivity contribution in [2.45, 2.75) is 45.3 Å². The second kappa shape index (κ2) is 7.89. The highest BCUT2D eigenvalue weighted by Crippen LogP contribution is 2.40. The Labute approximate surface area is 167 Å². The van der Waals surface area contributed by atoms with Crippen LogP contribution in [0.1, 0.15) is 64.8 Å². The van der Waals surface area contributed by atoms with Crippen LogP contribution in [0.3, 0.4) is 0 Å². The van der Waals surface area contributed by atoms with E-state index >= 15 is 0 Å². The van der Waals surface area contributed by atoms with Crippen LogP contribution in [0.2, 0.25) is 0 Å². The van der Waals surface area contributed by atoms with Crippen molar-refractivity contribution in [1.29, 1.82) is 0 Å². The lowest BCUT2D eigenvalue weighted by Gasteiger charge is -2.17. The van der Waals surface area contributed by atoms with Crippen molar-refractivity contribution in [3.63, 3.8) is 0 Å².